The molecule has 27 heavy (non-hydrogen) atoms. The molecule has 2 rings (SSSR count). The molecule has 0 radical (unpaired) electrons. The van der Waals surface area contributed by atoms with E-state index in [1.807, 2.05) is 0 Å². The van der Waals surface area contributed by atoms with Gasteiger partial charge < -0.3 is 9.47 Å². The third-order valence-electron chi connectivity index (χ3n) is 3.60. The average Bonchev–Trinajstić information content (AvgIpc) is 2.62. The first-order chi connectivity index (χ1) is 12.6. The summed E-state index contributed by atoms with van der Waals surface area (Å²) in [6, 6.07) is 8.70. The van der Waals surface area contributed by atoms with Crippen LogP contribution in [0.2, 0.25) is 0 Å². The van der Waals surface area contributed by atoms with E-state index in [2.05, 4.69) is 4.74 Å². The van der Waals surface area contributed by atoms with Crippen LogP contribution in [0.1, 0.15) is 5.56 Å². The van der Waals surface area contributed by atoms with Gasteiger partial charge in [0.05, 0.1) is 18.1 Å². The van der Waals surface area contributed by atoms with Gasteiger partial charge >= 0.3 is 6.61 Å². The summed E-state index contributed by atoms with van der Waals surface area (Å²) in [4.78, 5) is 9.95. The van der Waals surface area contributed by atoms with Gasteiger partial charge in [0.25, 0.3) is 5.69 Å². The summed E-state index contributed by atoms with van der Waals surface area (Å²) in [5.74, 6) is -0.201. The average molecular weight is 402 g/mol. The lowest BCUT2D eigenvalue weighted by Gasteiger charge is -2.19. The van der Waals surface area contributed by atoms with Crippen LogP contribution in [0.3, 0.4) is 0 Å². The first-order valence-corrected chi connectivity index (χ1v) is 8.91. The molecule has 0 spiro atoms. The Balaban J connectivity index is 2.24. The lowest BCUT2D eigenvalue weighted by atomic mass is 10.2. The van der Waals surface area contributed by atoms with Crippen molar-refractivity contribution < 1.29 is 31.6 Å². The van der Waals surface area contributed by atoms with Gasteiger partial charge in [0.2, 0.25) is 10.0 Å². The molecule has 0 saturated carbocycles. The van der Waals surface area contributed by atoms with Gasteiger partial charge in [-0.15, -0.1) is 0 Å². The van der Waals surface area contributed by atoms with Gasteiger partial charge in [0.1, 0.15) is 16.4 Å². The van der Waals surface area contributed by atoms with Gasteiger partial charge in [0.15, 0.2) is 0 Å². The fraction of sp³-hybridized carbons (Fsp3) is 0.250. The van der Waals surface area contributed by atoms with Gasteiger partial charge in [-0.05, 0) is 23.8 Å². The molecule has 0 saturated heterocycles. The molecule has 11 heteroatoms. The van der Waals surface area contributed by atoms with Crippen molar-refractivity contribution in [1.29, 1.82) is 0 Å². The second-order valence-corrected chi connectivity index (χ2v) is 7.39. The minimum atomic E-state index is -4.02. The maximum Gasteiger partial charge on any atom is 0.387 e. The summed E-state index contributed by atoms with van der Waals surface area (Å²) in [7, 11) is -1.49. The van der Waals surface area contributed by atoms with Crippen molar-refractivity contribution in [3.63, 3.8) is 0 Å². The Morgan fingerprint density at radius 1 is 1.19 bits per heavy atom. The zero-order valence-electron chi connectivity index (χ0n) is 14.3. The van der Waals surface area contributed by atoms with Crippen LogP contribution in [-0.2, 0) is 16.6 Å². The number of sulfonamides is 1. The van der Waals surface area contributed by atoms with E-state index in [0.29, 0.717) is 5.56 Å². The molecule has 0 aliphatic rings. The SMILES string of the molecule is COc1cc([N+](=O)[O-])ccc1S(=O)(=O)N(C)Cc1ccc(OC(F)F)cc1. The summed E-state index contributed by atoms with van der Waals surface area (Å²) in [6.07, 6.45) is 0. The second kappa shape index (κ2) is 8.27. The highest BCUT2D eigenvalue weighted by atomic mass is 32.2. The van der Waals surface area contributed by atoms with Gasteiger partial charge in [-0.1, -0.05) is 12.1 Å². The normalized spacial score (nSPS) is 11.6. The maximum absolute atomic E-state index is 12.8. The van der Waals surface area contributed by atoms with Crippen LogP contribution in [0, 0.1) is 10.1 Å². The largest absolute Gasteiger partial charge is 0.495 e. The number of benzene rings is 2. The number of ether oxygens (including phenoxy) is 2. The molecule has 0 N–H and O–H groups in total. The van der Waals surface area contributed by atoms with E-state index in [0.717, 1.165) is 22.5 Å². The van der Waals surface area contributed by atoms with E-state index in [4.69, 9.17) is 4.74 Å². The molecule has 0 aromatic heterocycles. The van der Waals surface area contributed by atoms with E-state index in [1.165, 1.54) is 38.4 Å². The third-order valence-corrected chi connectivity index (χ3v) is 5.44. The standard InChI is InChI=1S/C16H16F2N2O6S/c1-19(10-11-3-6-13(7-4-11)26-16(17)18)27(23,24)15-8-5-12(20(21)22)9-14(15)25-2/h3-9,16H,10H2,1-2H3. The minimum absolute atomic E-state index is 0.0451. The van der Waals surface area contributed by atoms with Crippen molar-refractivity contribution in [3.8, 4) is 11.5 Å². The van der Waals surface area contributed by atoms with Crippen LogP contribution >= 0.6 is 0 Å². The number of non-ortho nitro benzene ring substituents is 1. The summed E-state index contributed by atoms with van der Waals surface area (Å²) in [5, 5.41) is 10.8. The van der Waals surface area contributed by atoms with Crippen LogP contribution in [0.4, 0.5) is 14.5 Å². The lowest BCUT2D eigenvalue weighted by molar-refractivity contribution is -0.385. The van der Waals surface area contributed by atoms with Crippen LogP contribution in [0.15, 0.2) is 47.4 Å². The van der Waals surface area contributed by atoms with Crippen LogP contribution < -0.4 is 9.47 Å². The highest BCUT2D eigenvalue weighted by Crippen LogP contribution is 2.30. The smallest absolute Gasteiger partial charge is 0.387 e. The number of hydrogen-bond donors (Lipinski definition) is 0. The van der Waals surface area contributed by atoms with Crippen molar-refractivity contribution in [2.45, 2.75) is 18.1 Å². The Labute approximate surface area is 154 Å². The number of halogens is 2. The molecular weight excluding hydrogens is 386 g/mol. The minimum Gasteiger partial charge on any atom is -0.495 e. The molecule has 146 valence electrons. The van der Waals surface area contributed by atoms with E-state index >= 15 is 0 Å². The second-order valence-electron chi connectivity index (χ2n) is 5.38. The number of nitro groups is 1. The van der Waals surface area contributed by atoms with Crippen molar-refractivity contribution in [1.82, 2.24) is 4.31 Å². The molecular formula is C16H16F2N2O6S. The molecule has 0 heterocycles. The van der Waals surface area contributed by atoms with Crippen LogP contribution in [0.5, 0.6) is 11.5 Å². The number of hydrogen-bond acceptors (Lipinski definition) is 6. The topological polar surface area (TPSA) is 99.0 Å². The van der Waals surface area contributed by atoms with Gasteiger partial charge in [-0.25, -0.2) is 8.42 Å². The van der Waals surface area contributed by atoms with Crippen molar-refractivity contribution in [3.05, 3.63) is 58.1 Å². The Kier molecular flexibility index (Phi) is 6.28. The summed E-state index contributed by atoms with van der Waals surface area (Å²) in [5.41, 5.74) is 0.228. The highest BCUT2D eigenvalue weighted by molar-refractivity contribution is 7.89. The Bertz CT molecular complexity index is 919. The van der Waals surface area contributed by atoms with Crippen LogP contribution in [-0.4, -0.2) is 38.4 Å². The van der Waals surface area contributed by atoms with Gasteiger partial charge in [-0.3, -0.25) is 10.1 Å². The Morgan fingerprint density at radius 3 is 2.33 bits per heavy atom. The number of nitrogens with zero attached hydrogens (tertiary/aromatic N) is 2. The van der Waals surface area contributed by atoms with Crippen molar-refractivity contribution in [2.24, 2.45) is 0 Å². The maximum atomic E-state index is 12.8. The summed E-state index contributed by atoms with van der Waals surface area (Å²) in [6.45, 7) is -3.01. The molecule has 0 atom stereocenters. The molecule has 0 fully saturated rings. The first kappa shape index (κ1) is 20.5. The van der Waals surface area contributed by atoms with Crippen LogP contribution in [0.25, 0.3) is 0 Å². The van der Waals surface area contributed by atoms with Gasteiger partial charge in [-0.2, -0.15) is 13.1 Å². The highest BCUT2D eigenvalue weighted by Gasteiger charge is 2.26. The molecule has 0 aliphatic carbocycles. The predicted molar refractivity (Wildman–Crippen MR) is 91.4 cm³/mol. The Morgan fingerprint density at radius 2 is 1.81 bits per heavy atom. The van der Waals surface area contributed by atoms with Crippen molar-refractivity contribution >= 4 is 15.7 Å². The predicted octanol–water partition coefficient (Wildman–Crippen LogP) is 3.03. The zero-order valence-corrected chi connectivity index (χ0v) is 15.2. The molecule has 0 amide bonds. The van der Waals surface area contributed by atoms with E-state index in [1.54, 1.807) is 0 Å². The van der Waals surface area contributed by atoms with E-state index in [9.17, 15) is 27.3 Å². The lowest BCUT2D eigenvalue weighted by Crippen LogP contribution is -2.27. The third kappa shape index (κ3) is 4.89. The number of nitro benzene ring substituents is 1. The molecule has 0 unspecified atom stereocenters. The van der Waals surface area contributed by atoms with Crippen molar-refractivity contribution in [2.75, 3.05) is 14.2 Å². The molecule has 0 aliphatic heterocycles. The summed E-state index contributed by atoms with van der Waals surface area (Å²) < 4.78 is 60.1. The molecule has 8 nitrogen and oxygen atoms in total. The Hall–Kier alpha value is -2.79. The first-order valence-electron chi connectivity index (χ1n) is 7.47. The fourth-order valence-corrected chi connectivity index (χ4v) is 3.56. The number of methoxy groups -OCH3 is 1. The van der Waals surface area contributed by atoms with E-state index < -0.39 is 21.6 Å². The zero-order chi connectivity index (χ0) is 20.2. The molecule has 2 aromatic carbocycles. The number of rotatable bonds is 8. The monoisotopic (exact) mass is 402 g/mol. The fourth-order valence-electron chi connectivity index (χ4n) is 2.27. The quantitative estimate of drug-likeness (QED) is 0.497. The van der Waals surface area contributed by atoms with E-state index in [-0.39, 0.29) is 28.6 Å². The molecule has 0 bridgehead atoms. The number of alkyl halides is 2. The summed E-state index contributed by atoms with van der Waals surface area (Å²) >= 11 is 0. The van der Waals surface area contributed by atoms with Gasteiger partial charge in [0, 0.05) is 19.7 Å². The molecule has 2 aromatic rings.